The predicted molar refractivity (Wildman–Crippen MR) is 63.7 cm³/mol. The van der Waals surface area contributed by atoms with Crippen LogP contribution in [0.4, 0.5) is 0 Å². The summed E-state index contributed by atoms with van der Waals surface area (Å²) < 4.78 is 10.8. The van der Waals surface area contributed by atoms with Crippen molar-refractivity contribution < 1.29 is 14.3 Å². The molecule has 4 nitrogen and oxygen atoms in total. The summed E-state index contributed by atoms with van der Waals surface area (Å²) in [5, 5.41) is 0. The molecule has 1 aromatic heterocycles. The highest BCUT2D eigenvalue weighted by molar-refractivity contribution is 9.10. The maximum absolute atomic E-state index is 11.7. The average Bonchev–Trinajstić information content (AvgIpc) is 2.15. The normalized spacial score (nSPS) is 11.1. The van der Waals surface area contributed by atoms with Crippen LogP contribution in [-0.2, 0) is 4.74 Å². The van der Waals surface area contributed by atoms with Gasteiger partial charge in [0.25, 0.3) is 0 Å². The van der Waals surface area contributed by atoms with Crippen molar-refractivity contribution in [2.75, 3.05) is 7.11 Å². The maximum atomic E-state index is 11.7. The lowest BCUT2D eigenvalue weighted by Crippen LogP contribution is -2.24. The van der Waals surface area contributed by atoms with Gasteiger partial charge in [-0.2, -0.15) is 0 Å². The van der Waals surface area contributed by atoms with E-state index in [1.807, 2.05) is 20.8 Å². The van der Waals surface area contributed by atoms with Crippen LogP contribution in [0.25, 0.3) is 0 Å². The van der Waals surface area contributed by atoms with E-state index in [9.17, 15) is 4.79 Å². The van der Waals surface area contributed by atoms with Crippen molar-refractivity contribution in [1.29, 1.82) is 0 Å². The number of esters is 1. The fraction of sp³-hybridized carbons (Fsp3) is 0.455. The molecule has 0 aliphatic heterocycles. The van der Waals surface area contributed by atoms with Crippen molar-refractivity contribution in [2.45, 2.75) is 26.4 Å². The third-order valence-corrected chi connectivity index (χ3v) is 2.20. The summed E-state index contributed by atoms with van der Waals surface area (Å²) in [6.45, 7) is 5.45. The molecule has 1 rings (SSSR count). The maximum Gasteiger partial charge on any atom is 0.340 e. The Balaban J connectivity index is 2.89. The molecule has 1 aromatic rings. The van der Waals surface area contributed by atoms with Crippen molar-refractivity contribution in [3.63, 3.8) is 0 Å². The molecule has 0 amide bonds. The fourth-order valence-corrected chi connectivity index (χ4v) is 1.54. The first-order valence-corrected chi connectivity index (χ1v) is 5.55. The van der Waals surface area contributed by atoms with E-state index in [0.29, 0.717) is 15.9 Å². The zero-order valence-electron chi connectivity index (χ0n) is 9.70. The molecule has 0 saturated carbocycles. The van der Waals surface area contributed by atoms with Crippen molar-refractivity contribution >= 4 is 21.9 Å². The number of aromatic nitrogens is 1. The fourth-order valence-electron chi connectivity index (χ4n) is 1.02. The van der Waals surface area contributed by atoms with Gasteiger partial charge in [0.05, 0.1) is 17.1 Å². The summed E-state index contributed by atoms with van der Waals surface area (Å²) in [6.07, 6.45) is 1.43. The van der Waals surface area contributed by atoms with Crippen molar-refractivity contribution in [3.05, 3.63) is 22.3 Å². The molecule has 0 saturated heterocycles. The van der Waals surface area contributed by atoms with E-state index in [0.717, 1.165) is 0 Å². The number of methoxy groups -OCH3 is 1. The molecule has 0 unspecified atom stereocenters. The van der Waals surface area contributed by atoms with Gasteiger partial charge in [-0.25, -0.2) is 9.78 Å². The van der Waals surface area contributed by atoms with Crippen LogP contribution in [0.2, 0.25) is 0 Å². The van der Waals surface area contributed by atoms with Crippen LogP contribution in [0.5, 0.6) is 5.88 Å². The number of ether oxygens (including phenoxy) is 2. The number of nitrogens with zero attached hydrogens (tertiary/aromatic N) is 1. The van der Waals surface area contributed by atoms with Crippen LogP contribution >= 0.6 is 15.9 Å². The second kappa shape index (κ2) is 4.82. The van der Waals surface area contributed by atoms with Gasteiger partial charge in [-0.3, -0.25) is 0 Å². The van der Waals surface area contributed by atoms with Gasteiger partial charge in [0, 0.05) is 6.20 Å². The first-order valence-electron chi connectivity index (χ1n) is 4.76. The Labute approximate surface area is 103 Å². The molecular weight excluding hydrogens is 274 g/mol. The van der Waals surface area contributed by atoms with Gasteiger partial charge < -0.3 is 9.47 Å². The molecule has 0 atom stereocenters. The molecule has 0 fully saturated rings. The highest BCUT2D eigenvalue weighted by Gasteiger charge is 2.19. The van der Waals surface area contributed by atoms with Gasteiger partial charge in [-0.05, 0) is 42.8 Å². The molecule has 0 aliphatic carbocycles. The van der Waals surface area contributed by atoms with E-state index in [1.54, 1.807) is 6.07 Å². The molecule has 0 radical (unpaired) electrons. The average molecular weight is 288 g/mol. The van der Waals surface area contributed by atoms with E-state index in [-0.39, 0.29) is 0 Å². The number of carbonyl (C=O) groups excluding carboxylic acids is 1. The molecule has 16 heavy (non-hydrogen) atoms. The number of halogens is 1. The van der Waals surface area contributed by atoms with Gasteiger partial charge >= 0.3 is 5.97 Å². The van der Waals surface area contributed by atoms with Gasteiger partial charge in [-0.1, -0.05) is 0 Å². The monoisotopic (exact) mass is 287 g/mol. The summed E-state index contributed by atoms with van der Waals surface area (Å²) in [7, 11) is 1.51. The second-order valence-corrected chi connectivity index (χ2v) is 5.07. The molecule has 0 bridgehead atoms. The summed E-state index contributed by atoms with van der Waals surface area (Å²) in [6, 6.07) is 1.62. The Morgan fingerprint density at radius 2 is 2.06 bits per heavy atom. The number of carbonyl (C=O) groups is 1. The first kappa shape index (κ1) is 13.0. The predicted octanol–water partition coefficient (Wildman–Crippen LogP) is 2.81. The molecule has 0 aromatic carbocycles. The van der Waals surface area contributed by atoms with Crippen LogP contribution in [0.1, 0.15) is 31.1 Å². The third-order valence-electron chi connectivity index (χ3n) is 1.64. The molecule has 5 heteroatoms. The lowest BCUT2D eigenvalue weighted by Gasteiger charge is -2.19. The Morgan fingerprint density at radius 1 is 1.44 bits per heavy atom. The van der Waals surface area contributed by atoms with Gasteiger partial charge in [0.1, 0.15) is 5.60 Å². The molecule has 0 aliphatic rings. The van der Waals surface area contributed by atoms with E-state index < -0.39 is 11.6 Å². The number of pyridine rings is 1. The van der Waals surface area contributed by atoms with Crippen LogP contribution in [0.3, 0.4) is 0 Å². The van der Waals surface area contributed by atoms with Gasteiger partial charge in [-0.15, -0.1) is 0 Å². The summed E-state index contributed by atoms with van der Waals surface area (Å²) in [5.41, 5.74) is -0.119. The number of rotatable bonds is 2. The lowest BCUT2D eigenvalue weighted by molar-refractivity contribution is 0.00689. The van der Waals surface area contributed by atoms with Gasteiger partial charge in [0.2, 0.25) is 5.88 Å². The first-order chi connectivity index (χ1) is 7.33. The quantitative estimate of drug-likeness (QED) is 0.785. The van der Waals surface area contributed by atoms with Crippen molar-refractivity contribution in [3.8, 4) is 5.88 Å². The smallest absolute Gasteiger partial charge is 0.340 e. The lowest BCUT2D eigenvalue weighted by atomic mass is 10.2. The summed E-state index contributed by atoms with van der Waals surface area (Å²) in [5.74, 6) is 0.0376. The molecule has 1 heterocycles. The van der Waals surface area contributed by atoms with Crippen LogP contribution in [0.15, 0.2) is 16.7 Å². The Hall–Kier alpha value is -1.10. The third kappa shape index (κ3) is 3.48. The van der Waals surface area contributed by atoms with E-state index >= 15 is 0 Å². The number of hydrogen-bond donors (Lipinski definition) is 0. The summed E-state index contributed by atoms with van der Waals surface area (Å²) >= 11 is 3.26. The standard InChI is InChI=1S/C11H14BrNO3/c1-11(2,3)16-10(14)7-5-8(12)9(15-4)13-6-7/h5-6H,1-4H3. The molecule has 0 spiro atoms. The summed E-state index contributed by atoms with van der Waals surface area (Å²) in [4.78, 5) is 15.7. The van der Waals surface area contributed by atoms with E-state index in [1.165, 1.54) is 13.3 Å². The minimum absolute atomic E-state index is 0.391. The molecule has 0 N–H and O–H groups in total. The highest BCUT2D eigenvalue weighted by Crippen LogP contribution is 2.23. The Bertz CT molecular complexity index is 399. The Morgan fingerprint density at radius 3 is 2.50 bits per heavy atom. The van der Waals surface area contributed by atoms with Crippen LogP contribution < -0.4 is 4.74 Å². The highest BCUT2D eigenvalue weighted by atomic mass is 79.9. The zero-order chi connectivity index (χ0) is 12.3. The van der Waals surface area contributed by atoms with Gasteiger partial charge in [0.15, 0.2) is 0 Å². The Kier molecular flexibility index (Phi) is 3.91. The minimum Gasteiger partial charge on any atom is -0.480 e. The van der Waals surface area contributed by atoms with E-state index in [2.05, 4.69) is 20.9 Å². The SMILES string of the molecule is COc1ncc(C(=O)OC(C)(C)C)cc1Br. The molecular formula is C11H14BrNO3. The van der Waals surface area contributed by atoms with Crippen LogP contribution in [-0.4, -0.2) is 23.7 Å². The van der Waals surface area contributed by atoms with E-state index in [4.69, 9.17) is 9.47 Å². The zero-order valence-corrected chi connectivity index (χ0v) is 11.3. The van der Waals surface area contributed by atoms with Crippen molar-refractivity contribution in [2.24, 2.45) is 0 Å². The van der Waals surface area contributed by atoms with Crippen LogP contribution in [0, 0.1) is 0 Å². The minimum atomic E-state index is -0.510. The topological polar surface area (TPSA) is 48.4 Å². The van der Waals surface area contributed by atoms with Crippen molar-refractivity contribution in [1.82, 2.24) is 4.98 Å². The molecule has 88 valence electrons. The second-order valence-electron chi connectivity index (χ2n) is 4.22. The largest absolute Gasteiger partial charge is 0.480 e. The number of hydrogen-bond acceptors (Lipinski definition) is 4.